The molecule has 260 valence electrons. The number of hydrogen-bond donors (Lipinski definition) is 0. The summed E-state index contributed by atoms with van der Waals surface area (Å²) in [7, 11) is -3.49. The largest absolute Gasteiger partial charge is 0.460 e. The molecule has 7 heteroatoms. The van der Waals surface area contributed by atoms with E-state index in [2.05, 4.69) is 59.5 Å². The standard InChI is InChI=1S/C41H56N2O4S/c1-9-48(45,46)36-42-24-29-23-38(6)31(37(4,5)34(29)43-36)18-19-40(8)32(38)16-15-30-33-27(3)26(2)17-20-41(33,22-21-39(30,40)7)35(44)47-25-28-13-11-10-12-14-28/h10-15,24,26-27,31-33H,9,16-23,25H2,1-8H3/t26-,27-,31+,32-,33-,38+,39+,40-,41-/m0/s1. The van der Waals surface area contributed by atoms with Gasteiger partial charge in [-0.3, -0.25) is 4.79 Å². The Kier molecular flexibility index (Phi) is 7.94. The van der Waals surface area contributed by atoms with Crippen molar-refractivity contribution in [3.63, 3.8) is 0 Å². The molecule has 1 heterocycles. The van der Waals surface area contributed by atoms with Gasteiger partial charge in [-0.2, -0.15) is 0 Å². The maximum Gasteiger partial charge on any atom is 0.313 e. The minimum Gasteiger partial charge on any atom is -0.460 e. The molecule has 1 aromatic carbocycles. The third kappa shape index (κ3) is 4.60. The third-order valence-corrected chi connectivity index (χ3v) is 16.9. The van der Waals surface area contributed by atoms with Crippen LogP contribution in [-0.2, 0) is 37.8 Å². The molecule has 3 fully saturated rings. The number of esters is 1. The number of ether oxygens (including phenoxy) is 1. The predicted molar refractivity (Wildman–Crippen MR) is 189 cm³/mol. The van der Waals surface area contributed by atoms with Gasteiger partial charge in [0, 0.05) is 11.6 Å². The summed E-state index contributed by atoms with van der Waals surface area (Å²) in [6.45, 7) is 19.0. The summed E-state index contributed by atoms with van der Waals surface area (Å²) in [5.41, 5.74) is 3.96. The van der Waals surface area contributed by atoms with Gasteiger partial charge in [0.1, 0.15) is 6.61 Å². The lowest BCUT2D eigenvalue weighted by molar-refractivity contribution is -0.184. The van der Waals surface area contributed by atoms with Crippen molar-refractivity contribution in [3.05, 3.63) is 65.0 Å². The lowest BCUT2D eigenvalue weighted by atomic mass is 9.33. The van der Waals surface area contributed by atoms with Crippen molar-refractivity contribution in [2.24, 2.45) is 51.2 Å². The second-order valence-electron chi connectivity index (χ2n) is 17.7. The summed E-state index contributed by atoms with van der Waals surface area (Å²) in [6.07, 6.45) is 12.4. The molecule has 0 radical (unpaired) electrons. The highest BCUT2D eigenvalue weighted by Gasteiger charge is 2.69. The second kappa shape index (κ2) is 11.2. The molecule has 7 rings (SSSR count). The van der Waals surface area contributed by atoms with E-state index in [-0.39, 0.29) is 44.5 Å². The zero-order chi connectivity index (χ0) is 34.5. The number of allylic oxidation sites excluding steroid dienone is 2. The summed E-state index contributed by atoms with van der Waals surface area (Å²) < 4.78 is 31.8. The van der Waals surface area contributed by atoms with Crippen LogP contribution in [0.5, 0.6) is 0 Å². The van der Waals surface area contributed by atoms with E-state index in [1.54, 1.807) is 12.5 Å². The Hall–Kier alpha value is -2.54. The molecule has 0 saturated heterocycles. The van der Waals surface area contributed by atoms with Crippen LogP contribution in [0, 0.1) is 51.2 Å². The van der Waals surface area contributed by atoms with E-state index in [1.165, 1.54) is 0 Å². The van der Waals surface area contributed by atoms with Crippen molar-refractivity contribution in [1.29, 1.82) is 0 Å². The van der Waals surface area contributed by atoms with Gasteiger partial charge in [0.05, 0.1) is 16.9 Å². The van der Waals surface area contributed by atoms with Crippen molar-refractivity contribution in [2.75, 3.05) is 5.75 Å². The van der Waals surface area contributed by atoms with Crippen molar-refractivity contribution in [3.8, 4) is 0 Å². The number of fused-ring (bicyclic) bond motifs is 8. The first-order chi connectivity index (χ1) is 22.5. The average molecular weight is 673 g/mol. The summed E-state index contributed by atoms with van der Waals surface area (Å²) in [6, 6.07) is 10.1. The quantitative estimate of drug-likeness (QED) is 0.180. The Morgan fingerprint density at radius 1 is 0.958 bits per heavy atom. The highest BCUT2D eigenvalue weighted by molar-refractivity contribution is 7.91. The molecule has 6 nitrogen and oxygen atoms in total. The number of aromatic nitrogens is 2. The van der Waals surface area contributed by atoms with E-state index in [0.29, 0.717) is 30.3 Å². The van der Waals surface area contributed by atoms with Gasteiger partial charge in [0.2, 0.25) is 15.0 Å². The summed E-state index contributed by atoms with van der Waals surface area (Å²) in [4.78, 5) is 23.6. The molecule has 2 aromatic rings. The fraction of sp³-hybridized carbons (Fsp3) is 0.683. The fourth-order valence-electron chi connectivity index (χ4n) is 12.4. The smallest absolute Gasteiger partial charge is 0.313 e. The molecular weight excluding hydrogens is 617 g/mol. The third-order valence-electron chi connectivity index (χ3n) is 15.4. The number of hydrogen-bond acceptors (Lipinski definition) is 6. The van der Waals surface area contributed by atoms with Crippen LogP contribution >= 0.6 is 0 Å². The molecule has 0 N–H and O–H groups in total. The Labute approximate surface area is 288 Å². The molecule has 3 saturated carbocycles. The summed E-state index contributed by atoms with van der Waals surface area (Å²) in [5, 5.41) is -0.0253. The normalized spacial score (nSPS) is 39.8. The highest BCUT2D eigenvalue weighted by Crippen LogP contribution is 2.75. The molecular formula is C41H56N2O4S. The molecule has 0 amide bonds. The van der Waals surface area contributed by atoms with Gasteiger partial charge in [-0.05, 0) is 108 Å². The molecule has 48 heavy (non-hydrogen) atoms. The van der Waals surface area contributed by atoms with Gasteiger partial charge in [0.15, 0.2) is 0 Å². The van der Waals surface area contributed by atoms with Crippen LogP contribution in [0.15, 0.2) is 53.3 Å². The number of rotatable bonds is 5. The van der Waals surface area contributed by atoms with Crippen molar-refractivity contribution >= 4 is 15.8 Å². The molecule has 0 bridgehead atoms. The topological polar surface area (TPSA) is 86.2 Å². The van der Waals surface area contributed by atoms with Crippen LogP contribution in [0.1, 0.15) is 117 Å². The van der Waals surface area contributed by atoms with Gasteiger partial charge in [-0.15, -0.1) is 0 Å². The number of carbonyl (C=O) groups excluding carboxylic acids is 1. The van der Waals surface area contributed by atoms with Crippen molar-refractivity contribution in [2.45, 2.75) is 124 Å². The molecule has 0 unspecified atom stereocenters. The van der Waals surface area contributed by atoms with Gasteiger partial charge < -0.3 is 4.74 Å². The van der Waals surface area contributed by atoms with Gasteiger partial charge in [0.25, 0.3) is 0 Å². The van der Waals surface area contributed by atoms with Crippen molar-refractivity contribution in [1.82, 2.24) is 9.97 Å². The van der Waals surface area contributed by atoms with Gasteiger partial charge in [-0.25, -0.2) is 18.4 Å². The minimum atomic E-state index is -3.49. The first-order valence-corrected chi connectivity index (χ1v) is 20.2. The fourth-order valence-corrected chi connectivity index (χ4v) is 13.1. The van der Waals surface area contributed by atoms with E-state index < -0.39 is 15.3 Å². The SMILES string of the molecule is CCS(=O)(=O)c1ncc2c(n1)C(C)(C)[C@H]1CC[C@@]3(C)[C@@H](CC=C4[C@@H]5[C@@H](C)[C@@H](C)CC[C@]5(C(=O)OCc5ccccc5)CC[C@]43C)[C@]1(C)C2. The summed E-state index contributed by atoms with van der Waals surface area (Å²) >= 11 is 0. The molecule has 0 spiro atoms. The van der Waals surface area contributed by atoms with Crippen LogP contribution < -0.4 is 0 Å². The first-order valence-electron chi connectivity index (χ1n) is 18.6. The van der Waals surface area contributed by atoms with E-state index in [0.717, 1.165) is 68.2 Å². The zero-order valence-electron chi connectivity index (χ0n) is 30.4. The molecule has 5 aliphatic carbocycles. The molecule has 0 aliphatic heterocycles. The van der Waals surface area contributed by atoms with Crippen LogP contribution in [0.2, 0.25) is 0 Å². The van der Waals surface area contributed by atoms with E-state index in [4.69, 9.17) is 9.72 Å². The highest BCUT2D eigenvalue weighted by atomic mass is 32.2. The van der Waals surface area contributed by atoms with Gasteiger partial charge in [-0.1, -0.05) is 97.4 Å². The lowest BCUT2D eigenvalue weighted by Crippen LogP contribution is -2.65. The molecule has 1 aromatic heterocycles. The van der Waals surface area contributed by atoms with Gasteiger partial charge >= 0.3 is 5.97 Å². The Bertz CT molecular complexity index is 1750. The van der Waals surface area contributed by atoms with E-state index >= 15 is 0 Å². The van der Waals surface area contributed by atoms with E-state index in [1.807, 2.05) is 36.5 Å². The predicted octanol–water partition coefficient (Wildman–Crippen LogP) is 8.68. The lowest BCUT2D eigenvalue weighted by Gasteiger charge is -2.70. The van der Waals surface area contributed by atoms with E-state index in [9.17, 15) is 13.2 Å². The van der Waals surface area contributed by atoms with Crippen LogP contribution in [0.3, 0.4) is 0 Å². The van der Waals surface area contributed by atoms with Crippen LogP contribution in [0.4, 0.5) is 0 Å². The summed E-state index contributed by atoms with van der Waals surface area (Å²) in [5.74, 6) is 2.02. The Morgan fingerprint density at radius 2 is 1.69 bits per heavy atom. The number of carbonyl (C=O) groups is 1. The Morgan fingerprint density at radius 3 is 2.40 bits per heavy atom. The molecule has 5 aliphatic rings. The minimum absolute atomic E-state index is 0.00542. The average Bonchev–Trinajstić information content (AvgIpc) is 3.05. The van der Waals surface area contributed by atoms with Crippen molar-refractivity contribution < 1.29 is 17.9 Å². The number of nitrogens with zero attached hydrogens (tertiary/aromatic N) is 2. The maximum atomic E-state index is 14.4. The zero-order valence-corrected chi connectivity index (χ0v) is 31.3. The Balaban J connectivity index is 1.27. The monoisotopic (exact) mass is 672 g/mol. The maximum absolute atomic E-state index is 14.4. The number of sulfone groups is 1. The van der Waals surface area contributed by atoms with Crippen LogP contribution in [-0.4, -0.2) is 30.1 Å². The molecule has 9 atom stereocenters. The van der Waals surface area contributed by atoms with Crippen LogP contribution in [0.25, 0.3) is 0 Å². The first kappa shape index (κ1) is 33.9. The second-order valence-corrected chi connectivity index (χ2v) is 19.9. The number of benzene rings is 1.